The molecule has 0 unspecified atom stereocenters. The average Bonchev–Trinajstić information content (AvgIpc) is 2.88. The molecule has 35 heavy (non-hydrogen) atoms. The van der Waals surface area contributed by atoms with Crippen LogP contribution in [0.1, 0.15) is 29.2 Å². The molecule has 0 spiro atoms. The molecule has 0 fully saturated rings. The van der Waals surface area contributed by atoms with Gasteiger partial charge in [0.15, 0.2) is 0 Å². The monoisotopic (exact) mass is 494 g/mol. The van der Waals surface area contributed by atoms with Gasteiger partial charge in [0.2, 0.25) is 11.8 Å². The third-order valence-corrected chi connectivity index (χ3v) is 5.85. The molecule has 7 heteroatoms. The number of nitrogens with one attached hydrogen (secondary N) is 1. The van der Waals surface area contributed by atoms with Crippen molar-refractivity contribution in [1.29, 1.82) is 0 Å². The molecule has 184 valence electrons. The Hall–Kier alpha value is -3.35. The molecule has 6 nitrogen and oxygen atoms in total. The molecule has 0 aliphatic carbocycles. The second-order valence-electron chi connectivity index (χ2n) is 8.12. The number of nitrogens with zero attached hydrogens (tertiary/aromatic N) is 1. The first kappa shape index (κ1) is 26.3. The summed E-state index contributed by atoms with van der Waals surface area (Å²) in [6, 6.07) is 23.3. The van der Waals surface area contributed by atoms with E-state index in [0.29, 0.717) is 24.6 Å². The van der Waals surface area contributed by atoms with Gasteiger partial charge in [-0.15, -0.1) is 0 Å². The first-order chi connectivity index (χ1) is 17.0. The van der Waals surface area contributed by atoms with E-state index in [9.17, 15) is 9.59 Å². The van der Waals surface area contributed by atoms with Gasteiger partial charge in [-0.3, -0.25) is 9.59 Å². The van der Waals surface area contributed by atoms with E-state index in [1.807, 2.05) is 66.7 Å². The SMILES string of the molecule is COCCCNC(=O)[C@@H](c1ccccc1)N(Cc1ccc(OC)cc1)C(=O)Cc1ccc(Cl)cc1. The zero-order chi connectivity index (χ0) is 25.0. The third kappa shape index (κ3) is 7.84. The van der Waals surface area contributed by atoms with Crippen LogP contribution in [-0.4, -0.2) is 44.1 Å². The van der Waals surface area contributed by atoms with Crippen LogP contribution < -0.4 is 10.1 Å². The highest BCUT2D eigenvalue weighted by molar-refractivity contribution is 6.30. The number of methoxy groups -OCH3 is 2. The van der Waals surface area contributed by atoms with E-state index in [4.69, 9.17) is 21.1 Å². The highest BCUT2D eigenvalue weighted by Crippen LogP contribution is 2.26. The Morgan fingerprint density at radius 1 is 0.914 bits per heavy atom. The largest absolute Gasteiger partial charge is 0.497 e. The summed E-state index contributed by atoms with van der Waals surface area (Å²) < 4.78 is 10.4. The lowest BCUT2D eigenvalue weighted by Gasteiger charge is -2.32. The summed E-state index contributed by atoms with van der Waals surface area (Å²) in [6.07, 6.45) is 0.828. The van der Waals surface area contributed by atoms with Gasteiger partial charge in [0, 0.05) is 31.8 Å². The van der Waals surface area contributed by atoms with Crippen LogP contribution in [-0.2, 0) is 27.3 Å². The molecule has 2 amide bonds. The van der Waals surface area contributed by atoms with Crippen molar-refractivity contribution >= 4 is 23.4 Å². The Morgan fingerprint density at radius 3 is 2.20 bits per heavy atom. The summed E-state index contributed by atoms with van der Waals surface area (Å²) in [7, 11) is 3.23. The number of amides is 2. The Morgan fingerprint density at radius 2 is 1.57 bits per heavy atom. The molecule has 1 N–H and O–H groups in total. The van der Waals surface area contributed by atoms with Gasteiger partial charge < -0.3 is 19.7 Å². The molecule has 3 aromatic carbocycles. The van der Waals surface area contributed by atoms with Crippen LogP contribution in [0.15, 0.2) is 78.9 Å². The van der Waals surface area contributed by atoms with Gasteiger partial charge in [0.05, 0.1) is 13.5 Å². The predicted molar refractivity (Wildman–Crippen MR) is 137 cm³/mol. The van der Waals surface area contributed by atoms with Gasteiger partial charge in [0.1, 0.15) is 11.8 Å². The van der Waals surface area contributed by atoms with Gasteiger partial charge in [-0.25, -0.2) is 0 Å². The van der Waals surface area contributed by atoms with Crippen molar-refractivity contribution in [3.05, 3.63) is 101 Å². The van der Waals surface area contributed by atoms with Gasteiger partial charge in [-0.05, 0) is 47.4 Å². The molecule has 0 aliphatic rings. The second-order valence-corrected chi connectivity index (χ2v) is 8.56. The Balaban J connectivity index is 1.94. The number of carbonyl (C=O) groups excluding carboxylic acids is 2. The Labute approximate surface area is 211 Å². The second kappa shape index (κ2) is 13.5. The molecule has 0 aliphatic heterocycles. The minimum absolute atomic E-state index is 0.146. The Kier molecular flexibility index (Phi) is 10.1. The Bertz CT molecular complexity index is 1070. The van der Waals surface area contributed by atoms with E-state index in [0.717, 1.165) is 22.4 Å². The maximum atomic E-state index is 13.7. The zero-order valence-electron chi connectivity index (χ0n) is 20.1. The van der Waals surface area contributed by atoms with Crippen molar-refractivity contribution in [3.8, 4) is 5.75 Å². The predicted octanol–water partition coefficient (Wildman–Crippen LogP) is 4.81. The van der Waals surface area contributed by atoms with E-state index in [1.54, 1.807) is 31.3 Å². The number of rotatable bonds is 12. The van der Waals surface area contributed by atoms with Crippen molar-refractivity contribution in [2.75, 3.05) is 27.4 Å². The smallest absolute Gasteiger partial charge is 0.247 e. The maximum absolute atomic E-state index is 13.7. The van der Waals surface area contributed by atoms with Crippen LogP contribution in [0.4, 0.5) is 0 Å². The van der Waals surface area contributed by atoms with Crippen molar-refractivity contribution in [2.45, 2.75) is 25.4 Å². The van der Waals surface area contributed by atoms with Gasteiger partial charge in [0.25, 0.3) is 0 Å². The van der Waals surface area contributed by atoms with Crippen molar-refractivity contribution in [2.24, 2.45) is 0 Å². The summed E-state index contributed by atoms with van der Waals surface area (Å²) >= 11 is 6.02. The average molecular weight is 495 g/mol. The van der Waals surface area contributed by atoms with Crippen LogP contribution in [0.25, 0.3) is 0 Å². The summed E-state index contributed by atoms with van der Waals surface area (Å²) in [6.45, 7) is 1.26. The van der Waals surface area contributed by atoms with Crippen molar-refractivity contribution < 1.29 is 19.1 Å². The highest BCUT2D eigenvalue weighted by Gasteiger charge is 2.31. The standard InChI is InChI=1S/C28H31ClN2O4/c1-34-18-6-17-30-28(33)27(23-7-4-3-5-8-23)31(20-22-11-15-25(35-2)16-12-22)26(32)19-21-9-13-24(29)14-10-21/h3-5,7-16,27H,6,17-20H2,1-2H3,(H,30,33)/t27-/m1/s1. The normalized spacial score (nSPS) is 11.5. The van der Waals surface area contributed by atoms with Crippen LogP contribution in [0.2, 0.25) is 5.02 Å². The van der Waals surface area contributed by atoms with Crippen LogP contribution in [0, 0.1) is 0 Å². The number of benzene rings is 3. The van der Waals surface area contributed by atoms with Gasteiger partial charge in [-0.1, -0.05) is 66.2 Å². The van der Waals surface area contributed by atoms with Crippen LogP contribution in [0.5, 0.6) is 5.75 Å². The molecule has 0 aromatic heterocycles. The number of ether oxygens (including phenoxy) is 2. The van der Waals surface area contributed by atoms with Gasteiger partial charge in [-0.2, -0.15) is 0 Å². The highest BCUT2D eigenvalue weighted by atomic mass is 35.5. The summed E-state index contributed by atoms with van der Waals surface area (Å²) in [5.41, 5.74) is 2.46. The number of hydrogen-bond donors (Lipinski definition) is 1. The van der Waals surface area contributed by atoms with Crippen LogP contribution >= 0.6 is 11.6 Å². The lowest BCUT2D eigenvalue weighted by molar-refractivity contribution is -0.141. The summed E-state index contributed by atoms with van der Waals surface area (Å²) in [4.78, 5) is 28.8. The molecule has 0 bridgehead atoms. The first-order valence-corrected chi connectivity index (χ1v) is 11.9. The molecule has 0 radical (unpaired) electrons. The fourth-order valence-corrected chi connectivity index (χ4v) is 3.89. The summed E-state index contributed by atoms with van der Waals surface area (Å²) in [5, 5.41) is 3.58. The summed E-state index contributed by atoms with van der Waals surface area (Å²) in [5.74, 6) is 0.331. The van der Waals surface area contributed by atoms with E-state index >= 15 is 0 Å². The fraction of sp³-hybridized carbons (Fsp3) is 0.286. The fourth-order valence-electron chi connectivity index (χ4n) is 3.76. The van der Waals surface area contributed by atoms with E-state index in [1.165, 1.54) is 0 Å². The molecule has 0 saturated heterocycles. The minimum atomic E-state index is -0.791. The van der Waals surface area contributed by atoms with E-state index in [2.05, 4.69) is 5.32 Å². The number of carbonyl (C=O) groups is 2. The molecule has 1 atom stereocenters. The lowest BCUT2D eigenvalue weighted by Crippen LogP contribution is -2.44. The van der Waals surface area contributed by atoms with Gasteiger partial charge >= 0.3 is 0 Å². The lowest BCUT2D eigenvalue weighted by atomic mass is 10.0. The topological polar surface area (TPSA) is 67.9 Å². The molecular weight excluding hydrogens is 464 g/mol. The molecule has 0 saturated carbocycles. The maximum Gasteiger partial charge on any atom is 0.247 e. The molecule has 0 heterocycles. The quantitative estimate of drug-likeness (QED) is 0.367. The molecule has 3 rings (SSSR count). The first-order valence-electron chi connectivity index (χ1n) is 11.5. The van der Waals surface area contributed by atoms with E-state index < -0.39 is 6.04 Å². The van der Waals surface area contributed by atoms with Crippen molar-refractivity contribution in [1.82, 2.24) is 10.2 Å². The van der Waals surface area contributed by atoms with E-state index in [-0.39, 0.29) is 24.8 Å². The number of hydrogen-bond acceptors (Lipinski definition) is 4. The minimum Gasteiger partial charge on any atom is -0.497 e. The number of halogens is 1. The molecule has 3 aromatic rings. The van der Waals surface area contributed by atoms with Crippen molar-refractivity contribution in [3.63, 3.8) is 0 Å². The third-order valence-electron chi connectivity index (χ3n) is 5.60. The molecular formula is C28H31ClN2O4. The zero-order valence-corrected chi connectivity index (χ0v) is 20.8. The van der Waals surface area contributed by atoms with Crippen LogP contribution in [0.3, 0.4) is 0 Å².